The van der Waals surface area contributed by atoms with Gasteiger partial charge in [0.2, 0.25) is 4.96 Å². The molecule has 0 aliphatic carbocycles. The Balaban J connectivity index is 1.56. The maximum atomic E-state index is 5.36. The second-order valence-electron chi connectivity index (χ2n) is 6.27. The molecule has 0 saturated carbocycles. The lowest BCUT2D eigenvalue weighted by Gasteiger charge is -2.25. The number of nitrogens with zero attached hydrogens (tertiary/aromatic N) is 4. The monoisotopic (exact) mass is 326 g/mol. The Kier molecular flexibility index (Phi) is 4.54. The number of fused-ring (bicyclic) bond motifs is 1. The zero-order valence-electron chi connectivity index (χ0n) is 12.8. The topological polar surface area (TPSA) is 42.7 Å². The molecule has 0 bridgehead atoms. The van der Waals surface area contributed by atoms with Crippen LogP contribution in [0.15, 0.2) is 10.5 Å². The van der Waals surface area contributed by atoms with Gasteiger partial charge in [0.1, 0.15) is 0 Å². The highest BCUT2D eigenvalue weighted by molar-refractivity contribution is 8.01. The minimum atomic E-state index is 0.0804. The lowest BCUT2D eigenvalue weighted by Crippen LogP contribution is -2.37. The van der Waals surface area contributed by atoms with E-state index in [9.17, 15) is 0 Å². The molecule has 0 N–H and O–H groups in total. The molecule has 1 aliphatic heterocycles. The molecule has 21 heavy (non-hydrogen) atoms. The van der Waals surface area contributed by atoms with E-state index in [2.05, 4.69) is 42.0 Å². The molecular weight excluding hydrogens is 304 g/mol. The van der Waals surface area contributed by atoms with Gasteiger partial charge in [-0.25, -0.2) is 9.50 Å². The number of rotatable bonds is 4. The van der Waals surface area contributed by atoms with Crippen molar-refractivity contribution < 1.29 is 4.74 Å². The fraction of sp³-hybridized carbons (Fsp3) is 0.714. The van der Waals surface area contributed by atoms with E-state index in [1.54, 1.807) is 11.3 Å². The number of hydrogen-bond acceptors (Lipinski definition) is 6. The van der Waals surface area contributed by atoms with E-state index in [0.717, 1.165) is 53.6 Å². The quantitative estimate of drug-likeness (QED) is 0.808. The zero-order chi connectivity index (χ0) is 14.9. The van der Waals surface area contributed by atoms with Crippen LogP contribution in [0, 0.1) is 0 Å². The van der Waals surface area contributed by atoms with Crippen LogP contribution in [-0.2, 0) is 10.2 Å². The second-order valence-corrected chi connectivity index (χ2v) is 8.57. The zero-order valence-corrected chi connectivity index (χ0v) is 14.5. The molecule has 2 aromatic rings. The second kappa shape index (κ2) is 6.24. The lowest BCUT2D eigenvalue weighted by molar-refractivity contribution is 0.0410. The highest BCUT2D eigenvalue weighted by Crippen LogP contribution is 2.28. The molecule has 1 aliphatic rings. The van der Waals surface area contributed by atoms with Crippen molar-refractivity contribution in [3.8, 4) is 0 Å². The number of aromatic nitrogens is 3. The minimum Gasteiger partial charge on any atom is -0.379 e. The standard InChI is InChI=1S/C14H22N4OS2/c1-14(2,3)11-10-18-12(15-11)21-13(16-18)20-9-6-17-4-7-19-8-5-17/h10H,4-9H2,1-3H3. The Morgan fingerprint density at radius 1 is 1.33 bits per heavy atom. The van der Waals surface area contributed by atoms with Crippen LogP contribution in [0.4, 0.5) is 0 Å². The van der Waals surface area contributed by atoms with Gasteiger partial charge in [-0.15, -0.1) is 5.10 Å². The van der Waals surface area contributed by atoms with Crippen LogP contribution >= 0.6 is 23.1 Å². The molecule has 116 valence electrons. The van der Waals surface area contributed by atoms with Crippen LogP contribution in [0.2, 0.25) is 0 Å². The molecule has 0 amide bonds. The Hall–Kier alpha value is -0.630. The third-order valence-corrected chi connectivity index (χ3v) is 5.57. The van der Waals surface area contributed by atoms with E-state index in [1.807, 2.05) is 16.3 Å². The van der Waals surface area contributed by atoms with E-state index in [0.29, 0.717) is 0 Å². The summed E-state index contributed by atoms with van der Waals surface area (Å²) in [5.74, 6) is 1.07. The average molecular weight is 326 g/mol. The SMILES string of the molecule is CC(C)(C)c1cn2nc(SCCN3CCOCC3)sc2n1. The van der Waals surface area contributed by atoms with Gasteiger partial charge >= 0.3 is 0 Å². The van der Waals surface area contributed by atoms with Gasteiger partial charge in [0, 0.05) is 30.8 Å². The number of morpholine rings is 1. The van der Waals surface area contributed by atoms with Crippen molar-refractivity contribution in [2.24, 2.45) is 0 Å². The summed E-state index contributed by atoms with van der Waals surface area (Å²) < 4.78 is 8.38. The molecule has 0 spiro atoms. The summed E-state index contributed by atoms with van der Waals surface area (Å²) >= 11 is 3.50. The number of hydrogen-bond donors (Lipinski definition) is 0. The Morgan fingerprint density at radius 2 is 2.10 bits per heavy atom. The lowest BCUT2D eigenvalue weighted by atomic mass is 9.93. The molecule has 0 atom stereocenters. The first kappa shape index (κ1) is 15.3. The minimum absolute atomic E-state index is 0.0804. The van der Waals surface area contributed by atoms with E-state index >= 15 is 0 Å². The van der Waals surface area contributed by atoms with Gasteiger partial charge in [0.15, 0.2) is 4.34 Å². The summed E-state index contributed by atoms with van der Waals surface area (Å²) in [5.41, 5.74) is 1.18. The van der Waals surface area contributed by atoms with Crippen molar-refractivity contribution in [3.63, 3.8) is 0 Å². The molecule has 3 rings (SSSR count). The summed E-state index contributed by atoms with van der Waals surface area (Å²) in [7, 11) is 0. The smallest absolute Gasteiger partial charge is 0.213 e. The van der Waals surface area contributed by atoms with Crippen molar-refractivity contribution in [3.05, 3.63) is 11.9 Å². The molecule has 1 saturated heterocycles. The first-order chi connectivity index (χ1) is 10.0. The van der Waals surface area contributed by atoms with E-state index in [1.165, 1.54) is 0 Å². The number of ether oxygens (including phenoxy) is 1. The highest BCUT2D eigenvalue weighted by atomic mass is 32.2. The van der Waals surface area contributed by atoms with Gasteiger partial charge in [-0.3, -0.25) is 4.90 Å². The van der Waals surface area contributed by atoms with Gasteiger partial charge in [-0.1, -0.05) is 43.9 Å². The van der Waals surface area contributed by atoms with Gasteiger partial charge in [-0.05, 0) is 0 Å². The van der Waals surface area contributed by atoms with Crippen LogP contribution < -0.4 is 0 Å². The predicted octanol–water partition coefficient (Wildman–Crippen LogP) is 2.51. The van der Waals surface area contributed by atoms with Crippen LogP contribution in [0.5, 0.6) is 0 Å². The third-order valence-electron chi connectivity index (χ3n) is 3.53. The molecule has 0 radical (unpaired) electrons. The van der Waals surface area contributed by atoms with Crippen molar-refractivity contribution >= 4 is 28.1 Å². The largest absolute Gasteiger partial charge is 0.379 e. The normalized spacial score (nSPS) is 17.7. The average Bonchev–Trinajstić information content (AvgIpc) is 2.97. The molecule has 5 nitrogen and oxygen atoms in total. The van der Waals surface area contributed by atoms with Crippen molar-refractivity contribution in [2.45, 2.75) is 30.5 Å². The summed E-state index contributed by atoms with van der Waals surface area (Å²) in [6.45, 7) is 11.5. The number of imidazole rings is 1. The molecule has 2 aromatic heterocycles. The highest BCUT2D eigenvalue weighted by Gasteiger charge is 2.19. The summed E-state index contributed by atoms with van der Waals surface area (Å²) in [5, 5.41) is 4.62. The molecular formula is C14H22N4OS2. The molecule has 7 heteroatoms. The van der Waals surface area contributed by atoms with Gasteiger partial charge < -0.3 is 4.74 Å². The molecule has 3 heterocycles. The van der Waals surface area contributed by atoms with E-state index < -0.39 is 0 Å². The summed E-state index contributed by atoms with van der Waals surface area (Å²) in [6.07, 6.45) is 2.05. The first-order valence-electron chi connectivity index (χ1n) is 7.32. The molecule has 0 unspecified atom stereocenters. The van der Waals surface area contributed by atoms with Crippen molar-refractivity contribution in [1.82, 2.24) is 19.5 Å². The maximum absolute atomic E-state index is 5.36. The fourth-order valence-electron chi connectivity index (χ4n) is 2.19. The third kappa shape index (κ3) is 3.77. The number of thioether (sulfide) groups is 1. The predicted molar refractivity (Wildman–Crippen MR) is 87.5 cm³/mol. The summed E-state index contributed by atoms with van der Waals surface area (Å²) in [6, 6.07) is 0. The Morgan fingerprint density at radius 3 is 2.76 bits per heavy atom. The van der Waals surface area contributed by atoms with Crippen molar-refractivity contribution in [2.75, 3.05) is 38.6 Å². The van der Waals surface area contributed by atoms with Crippen LogP contribution in [0.25, 0.3) is 4.96 Å². The fourth-order valence-corrected chi connectivity index (χ4v) is 4.18. The molecule has 1 fully saturated rings. The Labute approximate surface area is 133 Å². The van der Waals surface area contributed by atoms with E-state index in [4.69, 9.17) is 4.74 Å². The van der Waals surface area contributed by atoms with Crippen molar-refractivity contribution in [1.29, 1.82) is 0 Å². The van der Waals surface area contributed by atoms with E-state index in [-0.39, 0.29) is 5.41 Å². The maximum Gasteiger partial charge on any atom is 0.213 e. The molecule has 0 aromatic carbocycles. The van der Waals surface area contributed by atoms with Gasteiger partial charge in [-0.2, -0.15) is 0 Å². The summed E-state index contributed by atoms with van der Waals surface area (Å²) in [4.78, 5) is 8.13. The van der Waals surface area contributed by atoms with Crippen LogP contribution in [0.1, 0.15) is 26.5 Å². The van der Waals surface area contributed by atoms with Gasteiger partial charge in [0.25, 0.3) is 0 Å². The Bertz CT molecular complexity index is 564. The van der Waals surface area contributed by atoms with Crippen LogP contribution in [-0.4, -0.2) is 58.1 Å². The van der Waals surface area contributed by atoms with Gasteiger partial charge in [0.05, 0.1) is 25.1 Å². The first-order valence-corrected chi connectivity index (χ1v) is 9.12. The van der Waals surface area contributed by atoms with Crippen LogP contribution in [0.3, 0.4) is 0 Å².